The van der Waals surface area contributed by atoms with Crippen LogP contribution in [0.2, 0.25) is 0 Å². The number of para-hydroxylation sites is 3. The summed E-state index contributed by atoms with van der Waals surface area (Å²) in [6.07, 6.45) is 3.08. The number of amides is 1. The van der Waals surface area contributed by atoms with Gasteiger partial charge >= 0.3 is 0 Å². The molecule has 5 aromatic rings. The van der Waals surface area contributed by atoms with Crippen molar-refractivity contribution in [3.8, 4) is 16.9 Å². The Labute approximate surface area is 209 Å². The first-order chi connectivity index (χ1) is 17.4. The van der Waals surface area contributed by atoms with Gasteiger partial charge in [0, 0.05) is 30.1 Å². The van der Waals surface area contributed by atoms with Gasteiger partial charge in [0.1, 0.15) is 18.1 Å². The van der Waals surface area contributed by atoms with Crippen LogP contribution in [0.1, 0.15) is 11.4 Å². The lowest BCUT2D eigenvalue weighted by atomic mass is 10.1. The van der Waals surface area contributed by atoms with E-state index in [1.165, 1.54) is 0 Å². The molecule has 3 aromatic carbocycles. The third kappa shape index (κ3) is 5.21. The van der Waals surface area contributed by atoms with Gasteiger partial charge in [0.05, 0.1) is 22.4 Å². The van der Waals surface area contributed by atoms with Crippen molar-refractivity contribution in [1.82, 2.24) is 24.6 Å². The molecule has 9 heteroatoms. The Hall–Kier alpha value is -4.24. The van der Waals surface area contributed by atoms with Crippen LogP contribution in [0.5, 0.6) is 0 Å². The third-order valence-electron chi connectivity index (χ3n) is 5.76. The fourth-order valence-corrected chi connectivity index (χ4v) is 4.82. The summed E-state index contributed by atoms with van der Waals surface area (Å²) in [6.45, 7) is 0.225. The molecule has 0 bridgehead atoms. The van der Waals surface area contributed by atoms with Crippen LogP contribution < -0.4 is 5.32 Å². The average molecular weight is 500 g/mol. The van der Waals surface area contributed by atoms with Crippen molar-refractivity contribution < 1.29 is 13.2 Å². The molecule has 1 amide bonds. The van der Waals surface area contributed by atoms with Gasteiger partial charge in [-0.05, 0) is 24.3 Å². The fraction of sp³-hybridized carbons (Fsp3) is 0.148. The van der Waals surface area contributed by atoms with E-state index < -0.39 is 9.84 Å². The van der Waals surface area contributed by atoms with E-state index in [-0.39, 0.29) is 24.7 Å². The molecule has 0 atom stereocenters. The number of hydrogen-bond donors (Lipinski definition) is 1. The Morgan fingerprint density at radius 2 is 1.58 bits per heavy atom. The number of rotatable bonds is 8. The van der Waals surface area contributed by atoms with E-state index in [1.54, 1.807) is 15.3 Å². The van der Waals surface area contributed by atoms with Gasteiger partial charge in [0.2, 0.25) is 5.91 Å². The first-order valence-electron chi connectivity index (χ1n) is 11.5. The lowest BCUT2D eigenvalue weighted by Gasteiger charge is -2.10. The van der Waals surface area contributed by atoms with E-state index in [1.807, 2.05) is 85.1 Å². The second-order valence-electron chi connectivity index (χ2n) is 8.60. The summed E-state index contributed by atoms with van der Waals surface area (Å²) < 4.78 is 27.4. The molecule has 2 aromatic heterocycles. The summed E-state index contributed by atoms with van der Waals surface area (Å²) in [5.41, 5.74) is 4.89. The van der Waals surface area contributed by atoms with E-state index in [2.05, 4.69) is 10.3 Å². The summed E-state index contributed by atoms with van der Waals surface area (Å²) >= 11 is 0. The molecule has 0 aliphatic carbocycles. The predicted molar refractivity (Wildman–Crippen MR) is 139 cm³/mol. The van der Waals surface area contributed by atoms with E-state index in [0.717, 1.165) is 28.8 Å². The number of carbonyl (C=O) groups is 1. The van der Waals surface area contributed by atoms with Gasteiger partial charge in [-0.1, -0.05) is 60.7 Å². The van der Waals surface area contributed by atoms with Crippen LogP contribution in [0.25, 0.3) is 28.0 Å². The molecule has 8 nitrogen and oxygen atoms in total. The molecule has 0 saturated carbocycles. The smallest absolute Gasteiger partial charge is 0.240 e. The van der Waals surface area contributed by atoms with Gasteiger partial charge in [-0.2, -0.15) is 5.10 Å². The van der Waals surface area contributed by atoms with Crippen LogP contribution in [0, 0.1) is 0 Å². The van der Waals surface area contributed by atoms with Crippen LogP contribution >= 0.6 is 0 Å². The maximum atomic E-state index is 13.0. The number of nitrogens with one attached hydrogen (secondary N) is 1. The molecule has 0 aliphatic heterocycles. The van der Waals surface area contributed by atoms with Gasteiger partial charge in [0.25, 0.3) is 0 Å². The number of carbonyl (C=O) groups excluding carboxylic acids is 1. The van der Waals surface area contributed by atoms with Crippen LogP contribution in [0.15, 0.2) is 91.1 Å². The zero-order valence-electron chi connectivity index (χ0n) is 19.7. The molecule has 0 radical (unpaired) electrons. The minimum absolute atomic E-state index is 0.0428. The number of imidazole rings is 1. The highest BCUT2D eigenvalue weighted by Gasteiger charge is 2.18. The number of nitrogens with zero attached hydrogens (tertiary/aromatic N) is 4. The average Bonchev–Trinajstić information content (AvgIpc) is 3.44. The Kier molecular flexibility index (Phi) is 6.39. The fourth-order valence-electron chi connectivity index (χ4n) is 4.13. The second kappa shape index (κ2) is 9.79. The highest BCUT2D eigenvalue weighted by atomic mass is 32.2. The van der Waals surface area contributed by atoms with E-state index in [0.29, 0.717) is 16.9 Å². The van der Waals surface area contributed by atoms with Crippen molar-refractivity contribution in [2.24, 2.45) is 0 Å². The van der Waals surface area contributed by atoms with Crippen molar-refractivity contribution in [2.75, 3.05) is 6.26 Å². The second-order valence-corrected chi connectivity index (χ2v) is 10.7. The van der Waals surface area contributed by atoms with Crippen molar-refractivity contribution in [2.45, 2.75) is 18.8 Å². The lowest BCUT2D eigenvalue weighted by Crippen LogP contribution is -2.28. The molecular formula is C27H25N5O3S. The van der Waals surface area contributed by atoms with Crippen LogP contribution in [0.4, 0.5) is 0 Å². The molecule has 1 N–H and O–H groups in total. The third-order valence-corrected chi connectivity index (χ3v) is 6.54. The highest BCUT2D eigenvalue weighted by molar-refractivity contribution is 7.89. The molecule has 5 rings (SSSR count). The maximum Gasteiger partial charge on any atom is 0.240 e. The molecule has 0 aliphatic rings. The zero-order valence-corrected chi connectivity index (χ0v) is 20.5. The standard InChI is InChI=1S/C27H25N5O3S/c1-36(34,35)19-25-29-23-14-8-9-15-24(23)31(25)18-26(33)28-16-21-17-32(22-12-6-3-7-13-22)30-27(21)20-10-4-2-5-11-20/h2-15,17H,16,18-19H2,1H3,(H,28,33). The van der Waals surface area contributed by atoms with Crippen LogP contribution in [0.3, 0.4) is 0 Å². The highest BCUT2D eigenvalue weighted by Crippen LogP contribution is 2.24. The van der Waals surface area contributed by atoms with Crippen molar-refractivity contribution >= 4 is 26.8 Å². The molecule has 0 fully saturated rings. The monoisotopic (exact) mass is 499 g/mol. The van der Waals surface area contributed by atoms with Crippen molar-refractivity contribution in [3.05, 3.63) is 103 Å². The number of aromatic nitrogens is 4. The SMILES string of the molecule is CS(=O)(=O)Cc1nc2ccccc2n1CC(=O)NCc1cn(-c2ccccc2)nc1-c1ccccc1. The molecule has 0 saturated heterocycles. The summed E-state index contributed by atoms with van der Waals surface area (Å²) in [5.74, 6) is -0.146. The quantitative estimate of drug-likeness (QED) is 0.351. The number of benzene rings is 3. The van der Waals surface area contributed by atoms with Gasteiger partial charge < -0.3 is 9.88 Å². The summed E-state index contributed by atoms with van der Waals surface area (Å²) in [7, 11) is -3.32. The van der Waals surface area contributed by atoms with Gasteiger partial charge in [0.15, 0.2) is 9.84 Å². The molecule has 0 spiro atoms. The lowest BCUT2D eigenvalue weighted by molar-refractivity contribution is -0.121. The largest absolute Gasteiger partial charge is 0.350 e. The van der Waals surface area contributed by atoms with Crippen molar-refractivity contribution in [3.63, 3.8) is 0 Å². The topological polar surface area (TPSA) is 98.9 Å². The molecule has 2 heterocycles. The predicted octanol–water partition coefficient (Wildman–Crippen LogP) is 3.75. The Morgan fingerprint density at radius 1 is 0.917 bits per heavy atom. The van der Waals surface area contributed by atoms with Crippen LogP contribution in [-0.4, -0.2) is 39.9 Å². The minimum Gasteiger partial charge on any atom is -0.350 e. The molecule has 36 heavy (non-hydrogen) atoms. The summed E-state index contributed by atoms with van der Waals surface area (Å²) in [6, 6.07) is 26.9. The Balaban J connectivity index is 1.40. The van der Waals surface area contributed by atoms with E-state index >= 15 is 0 Å². The number of fused-ring (bicyclic) bond motifs is 1. The summed E-state index contributed by atoms with van der Waals surface area (Å²) in [5, 5.41) is 7.76. The Bertz CT molecular complexity index is 1620. The molecular weight excluding hydrogens is 474 g/mol. The first kappa shape index (κ1) is 23.5. The molecule has 182 valence electrons. The molecule has 0 unspecified atom stereocenters. The van der Waals surface area contributed by atoms with E-state index in [4.69, 9.17) is 5.10 Å². The number of sulfone groups is 1. The van der Waals surface area contributed by atoms with Crippen molar-refractivity contribution in [1.29, 1.82) is 0 Å². The van der Waals surface area contributed by atoms with Gasteiger partial charge in [-0.3, -0.25) is 4.79 Å². The number of hydrogen-bond acceptors (Lipinski definition) is 5. The van der Waals surface area contributed by atoms with Gasteiger partial charge in [-0.15, -0.1) is 0 Å². The van der Waals surface area contributed by atoms with Crippen LogP contribution in [-0.2, 0) is 33.5 Å². The maximum absolute atomic E-state index is 13.0. The summed E-state index contributed by atoms with van der Waals surface area (Å²) in [4.78, 5) is 17.5. The zero-order chi connectivity index (χ0) is 25.1. The minimum atomic E-state index is -3.32. The normalized spacial score (nSPS) is 11.6. The van der Waals surface area contributed by atoms with Gasteiger partial charge in [-0.25, -0.2) is 18.1 Å². The van der Waals surface area contributed by atoms with E-state index in [9.17, 15) is 13.2 Å². The Morgan fingerprint density at radius 3 is 2.31 bits per heavy atom. The first-order valence-corrected chi connectivity index (χ1v) is 13.5.